The summed E-state index contributed by atoms with van der Waals surface area (Å²) >= 11 is 3.44. The molecule has 0 aliphatic rings. The minimum atomic E-state index is -0.0552. The number of carbonyl (C=O) groups excluding carboxylic acids is 1. The third-order valence-corrected chi connectivity index (χ3v) is 5.33. The predicted octanol–water partition coefficient (Wildman–Crippen LogP) is 3.95. The van der Waals surface area contributed by atoms with Gasteiger partial charge in [0.1, 0.15) is 0 Å². The maximum Gasteiger partial charge on any atom is 0.251 e. The van der Waals surface area contributed by atoms with Crippen molar-refractivity contribution in [3.63, 3.8) is 0 Å². The topological polar surface area (TPSA) is 42.0 Å². The molecule has 3 aromatic rings. The Kier molecular flexibility index (Phi) is 4.22. The third kappa shape index (κ3) is 3.25. The quantitative estimate of drug-likeness (QED) is 0.741. The van der Waals surface area contributed by atoms with Crippen LogP contribution >= 0.6 is 23.1 Å². The molecular formula is C16H14N2OS2. The molecule has 3 rings (SSSR count). The highest BCUT2D eigenvalue weighted by molar-refractivity contribution is 8.00. The van der Waals surface area contributed by atoms with E-state index in [4.69, 9.17) is 0 Å². The molecule has 0 aliphatic carbocycles. The maximum absolute atomic E-state index is 11.5. The Hall–Kier alpha value is -1.85. The fourth-order valence-electron chi connectivity index (χ4n) is 1.95. The van der Waals surface area contributed by atoms with E-state index in [1.165, 1.54) is 10.3 Å². The van der Waals surface area contributed by atoms with Crippen molar-refractivity contribution in [3.05, 3.63) is 59.7 Å². The van der Waals surface area contributed by atoms with E-state index >= 15 is 0 Å². The summed E-state index contributed by atoms with van der Waals surface area (Å²) < 4.78 is 2.29. The Balaban J connectivity index is 1.68. The Morgan fingerprint density at radius 3 is 2.67 bits per heavy atom. The van der Waals surface area contributed by atoms with E-state index in [2.05, 4.69) is 16.4 Å². The number of aromatic nitrogens is 1. The molecule has 106 valence electrons. The Labute approximate surface area is 131 Å². The van der Waals surface area contributed by atoms with E-state index in [1.807, 2.05) is 42.5 Å². The molecule has 1 heterocycles. The van der Waals surface area contributed by atoms with Gasteiger partial charge in [-0.25, -0.2) is 4.98 Å². The molecule has 1 aromatic heterocycles. The average Bonchev–Trinajstić information content (AvgIpc) is 2.95. The van der Waals surface area contributed by atoms with Crippen molar-refractivity contribution in [2.45, 2.75) is 10.1 Å². The van der Waals surface area contributed by atoms with Crippen LogP contribution in [0.3, 0.4) is 0 Å². The molecule has 0 spiro atoms. The lowest BCUT2D eigenvalue weighted by Gasteiger charge is -2.02. The van der Waals surface area contributed by atoms with Crippen LogP contribution < -0.4 is 5.32 Å². The number of hydrogen-bond acceptors (Lipinski definition) is 4. The van der Waals surface area contributed by atoms with Crippen molar-refractivity contribution in [2.75, 3.05) is 7.05 Å². The molecule has 21 heavy (non-hydrogen) atoms. The molecule has 2 aromatic carbocycles. The summed E-state index contributed by atoms with van der Waals surface area (Å²) in [5.74, 6) is 0.800. The second kappa shape index (κ2) is 6.28. The molecule has 0 aliphatic heterocycles. The number of benzene rings is 2. The monoisotopic (exact) mass is 314 g/mol. The number of nitrogens with zero attached hydrogens (tertiary/aromatic N) is 1. The number of fused-ring (bicyclic) bond motifs is 1. The highest BCUT2D eigenvalue weighted by atomic mass is 32.2. The molecule has 0 atom stereocenters. The average molecular weight is 314 g/mol. The number of carbonyl (C=O) groups is 1. The lowest BCUT2D eigenvalue weighted by molar-refractivity contribution is 0.0963. The summed E-state index contributed by atoms with van der Waals surface area (Å²) in [6, 6.07) is 15.9. The molecule has 0 radical (unpaired) electrons. The van der Waals surface area contributed by atoms with Crippen LogP contribution in [0.15, 0.2) is 52.9 Å². The zero-order valence-corrected chi connectivity index (χ0v) is 13.1. The summed E-state index contributed by atoms with van der Waals surface area (Å²) in [5, 5.41) is 2.62. The molecule has 5 heteroatoms. The summed E-state index contributed by atoms with van der Waals surface area (Å²) in [6.07, 6.45) is 0. The second-order valence-electron chi connectivity index (χ2n) is 4.51. The predicted molar refractivity (Wildman–Crippen MR) is 89.0 cm³/mol. The number of rotatable bonds is 4. The molecular weight excluding hydrogens is 300 g/mol. The van der Waals surface area contributed by atoms with Crippen LogP contribution in [-0.4, -0.2) is 17.9 Å². The second-order valence-corrected chi connectivity index (χ2v) is 6.77. The minimum absolute atomic E-state index is 0.0552. The third-order valence-electron chi connectivity index (χ3n) is 3.08. The summed E-state index contributed by atoms with van der Waals surface area (Å²) in [4.78, 5) is 16.1. The minimum Gasteiger partial charge on any atom is -0.355 e. The van der Waals surface area contributed by atoms with Crippen molar-refractivity contribution in [1.82, 2.24) is 10.3 Å². The van der Waals surface area contributed by atoms with Crippen LogP contribution in [-0.2, 0) is 5.75 Å². The zero-order valence-electron chi connectivity index (χ0n) is 11.5. The summed E-state index contributed by atoms with van der Waals surface area (Å²) in [7, 11) is 1.64. The fraction of sp³-hybridized carbons (Fsp3) is 0.125. The van der Waals surface area contributed by atoms with Crippen LogP contribution in [0.1, 0.15) is 15.9 Å². The zero-order chi connectivity index (χ0) is 14.7. The molecule has 0 saturated heterocycles. The van der Waals surface area contributed by atoms with Gasteiger partial charge in [-0.2, -0.15) is 0 Å². The van der Waals surface area contributed by atoms with Crippen molar-refractivity contribution in [1.29, 1.82) is 0 Å². The first-order valence-corrected chi connectivity index (χ1v) is 8.36. The highest BCUT2D eigenvalue weighted by Gasteiger charge is 2.05. The van der Waals surface area contributed by atoms with Gasteiger partial charge >= 0.3 is 0 Å². The van der Waals surface area contributed by atoms with Gasteiger partial charge < -0.3 is 5.32 Å². The van der Waals surface area contributed by atoms with Crippen LogP contribution in [0.5, 0.6) is 0 Å². The molecule has 0 unspecified atom stereocenters. The Morgan fingerprint density at radius 1 is 1.19 bits per heavy atom. The number of amides is 1. The number of thioether (sulfide) groups is 1. The number of nitrogens with one attached hydrogen (secondary N) is 1. The van der Waals surface area contributed by atoms with Crippen molar-refractivity contribution >= 4 is 39.2 Å². The first-order valence-electron chi connectivity index (χ1n) is 6.55. The van der Waals surface area contributed by atoms with Crippen molar-refractivity contribution < 1.29 is 4.79 Å². The van der Waals surface area contributed by atoms with E-state index in [9.17, 15) is 4.79 Å². The van der Waals surface area contributed by atoms with E-state index in [1.54, 1.807) is 30.1 Å². The van der Waals surface area contributed by atoms with Gasteiger partial charge in [0.05, 0.1) is 10.2 Å². The lowest BCUT2D eigenvalue weighted by Crippen LogP contribution is -2.17. The van der Waals surface area contributed by atoms with E-state index in [-0.39, 0.29) is 5.91 Å². The number of hydrogen-bond donors (Lipinski definition) is 1. The summed E-state index contributed by atoms with van der Waals surface area (Å²) in [6.45, 7) is 0. The maximum atomic E-state index is 11.5. The van der Waals surface area contributed by atoms with Gasteiger partial charge in [0.25, 0.3) is 5.91 Å². The number of para-hydroxylation sites is 1. The highest BCUT2D eigenvalue weighted by Crippen LogP contribution is 2.31. The van der Waals surface area contributed by atoms with Gasteiger partial charge in [-0.05, 0) is 29.8 Å². The van der Waals surface area contributed by atoms with Crippen molar-refractivity contribution in [3.8, 4) is 0 Å². The van der Waals surface area contributed by atoms with E-state index in [0.29, 0.717) is 5.56 Å². The number of thiazole rings is 1. The van der Waals surface area contributed by atoms with E-state index in [0.717, 1.165) is 15.6 Å². The molecule has 3 nitrogen and oxygen atoms in total. The van der Waals surface area contributed by atoms with Gasteiger partial charge in [0, 0.05) is 18.4 Å². The fourth-order valence-corrected chi connectivity index (χ4v) is 3.98. The first-order chi connectivity index (χ1) is 10.3. The standard InChI is InChI=1S/C16H14N2OS2/c1-17-15(19)12-8-6-11(7-9-12)10-20-16-18-13-4-2-3-5-14(13)21-16/h2-9H,10H2,1H3,(H,17,19). The van der Waals surface area contributed by atoms with Gasteiger partial charge in [-0.3, -0.25) is 4.79 Å². The first kappa shape index (κ1) is 14.1. The van der Waals surface area contributed by atoms with Crippen LogP contribution in [0.4, 0.5) is 0 Å². The Bertz CT molecular complexity index is 732. The van der Waals surface area contributed by atoms with Crippen LogP contribution in [0.25, 0.3) is 10.2 Å². The molecule has 0 bridgehead atoms. The van der Waals surface area contributed by atoms with E-state index < -0.39 is 0 Å². The molecule has 1 amide bonds. The van der Waals surface area contributed by atoms with Crippen molar-refractivity contribution in [2.24, 2.45) is 0 Å². The normalized spacial score (nSPS) is 10.7. The Morgan fingerprint density at radius 2 is 1.95 bits per heavy atom. The van der Waals surface area contributed by atoms with Gasteiger partial charge in [-0.15, -0.1) is 11.3 Å². The largest absolute Gasteiger partial charge is 0.355 e. The molecule has 0 fully saturated rings. The SMILES string of the molecule is CNC(=O)c1ccc(CSc2nc3ccccc3s2)cc1. The smallest absolute Gasteiger partial charge is 0.251 e. The van der Waals surface area contributed by atoms with Gasteiger partial charge in [0.2, 0.25) is 0 Å². The van der Waals surface area contributed by atoms with Crippen LogP contribution in [0, 0.1) is 0 Å². The van der Waals surface area contributed by atoms with Gasteiger partial charge in [0.15, 0.2) is 4.34 Å². The molecule has 1 N–H and O–H groups in total. The van der Waals surface area contributed by atoms with Gasteiger partial charge in [-0.1, -0.05) is 36.0 Å². The molecule has 0 saturated carbocycles. The summed E-state index contributed by atoms with van der Waals surface area (Å²) in [5.41, 5.74) is 2.93. The lowest BCUT2D eigenvalue weighted by atomic mass is 10.1. The van der Waals surface area contributed by atoms with Crippen LogP contribution in [0.2, 0.25) is 0 Å².